The number of hydrogen-bond donors (Lipinski definition) is 1. The van der Waals surface area contributed by atoms with Crippen molar-refractivity contribution >= 4 is 11.3 Å². The van der Waals surface area contributed by atoms with E-state index in [1.165, 1.54) is 5.56 Å². The van der Waals surface area contributed by atoms with E-state index in [0.717, 1.165) is 6.54 Å². The van der Waals surface area contributed by atoms with E-state index in [-0.39, 0.29) is 0 Å². The molecule has 1 atom stereocenters. The van der Waals surface area contributed by atoms with E-state index >= 15 is 0 Å². The van der Waals surface area contributed by atoms with Gasteiger partial charge < -0.3 is 5.73 Å². The van der Waals surface area contributed by atoms with Crippen LogP contribution >= 0.6 is 11.3 Å². The summed E-state index contributed by atoms with van der Waals surface area (Å²) in [6, 6.07) is 2.13. The van der Waals surface area contributed by atoms with Gasteiger partial charge in [-0.2, -0.15) is 11.3 Å². The Morgan fingerprint density at radius 1 is 1.78 bits per heavy atom. The highest BCUT2D eigenvalue weighted by molar-refractivity contribution is 7.07. The van der Waals surface area contributed by atoms with Crippen molar-refractivity contribution in [3.05, 3.63) is 22.4 Å². The van der Waals surface area contributed by atoms with Crippen LogP contribution in [0.2, 0.25) is 0 Å². The Balaban J connectivity index is 2.65. The zero-order valence-electron chi connectivity index (χ0n) is 5.50. The lowest BCUT2D eigenvalue weighted by atomic mass is 10.1. The van der Waals surface area contributed by atoms with E-state index in [1.807, 2.05) is 0 Å². The monoisotopic (exact) mass is 141 g/mol. The van der Waals surface area contributed by atoms with Crippen molar-refractivity contribution in [1.29, 1.82) is 0 Å². The molecule has 0 saturated heterocycles. The van der Waals surface area contributed by atoms with Crippen molar-refractivity contribution in [3.8, 4) is 0 Å². The normalized spacial score (nSPS) is 13.6. The number of hydrogen-bond acceptors (Lipinski definition) is 2. The summed E-state index contributed by atoms with van der Waals surface area (Å²) in [6.45, 7) is 2.89. The first-order chi connectivity index (χ1) is 4.34. The van der Waals surface area contributed by atoms with Gasteiger partial charge in [-0.25, -0.2) is 0 Å². The van der Waals surface area contributed by atoms with E-state index in [2.05, 4.69) is 23.8 Å². The standard InChI is InChI=1S/C7H11NS/c1-6(4-8)7-2-3-9-5-7/h2-3,5-6H,4,8H2,1H3/t6-/m1/s1. The fraction of sp³-hybridized carbons (Fsp3) is 0.429. The zero-order chi connectivity index (χ0) is 6.69. The van der Waals surface area contributed by atoms with Gasteiger partial charge in [0, 0.05) is 0 Å². The second-order valence-electron chi connectivity index (χ2n) is 2.19. The molecule has 0 unspecified atom stereocenters. The van der Waals surface area contributed by atoms with Crippen molar-refractivity contribution in [2.75, 3.05) is 6.54 Å². The molecular weight excluding hydrogens is 130 g/mol. The molecule has 1 aromatic rings. The molecule has 1 nitrogen and oxygen atoms in total. The molecule has 0 saturated carbocycles. The van der Waals surface area contributed by atoms with Crippen LogP contribution in [0.5, 0.6) is 0 Å². The van der Waals surface area contributed by atoms with Crippen molar-refractivity contribution in [1.82, 2.24) is 0 Å². The van der Waals surface area contributed by atoms with Gasteiger partial charge in [-0.05, 0) is 34.9 Å². The molecular formula is C7H11NS. The van der Waals surface area contributed by atoms with Gasteiger partial charge in [0.15, 0.2) is 0 Å². The van der Waals surface area contributed by atoms with Crippen LogP contribution in [0.1, 0.15) is 18.4 Å². The second-order valence-corrected chi connectivity index (χ2v) is 2.97. The highest BCUT2D eigenvalue weighted by Crippen LogP contribution is 2.15. The van der Waals surface area contributed by atoms with Crippen LogP contribution in [0, 0.1) is 0 Å². The molecule has 9 heavy (non-hydrogen) atoms. The van der Waals surface area contributed by atoms with E-state index in [4.69, 9.17) is 5.73 Å². The summed E-state index contributed by atoms with van der Waals surface area (Å²) in [7, 11) is 0. The van der Waals surface area contributed by atoms with Gasteiger partial charge in [-0.15, -0.1) is 0 Å². The number of nitrogens with two attached hydrogens (primary N) is 1. The first kappa shape index (κ1) is 6.78. The molecule has 1 aromatic heterocycles. The van der Waals surface area contributed by atoms with Crippen LogP contribution in [0.4, 0.5) is 0 Å². The molecule has 1 heterocycles. The SMILES string of the molecule is C[C@H](CN)c1ccsc1. The summed E-state index contributed by atoms with van der Waals surface area (Å²) < 4.78 is 0. The van der Waals surface area contributed by atoms with Crippen molar-refractivity contribution < 1.29 is 0 Å². The van der Waals surface area contributed by atoms with Crippen LogP contribution in [0.3, 0.4) is 0 Å². The van der Waals surface area contributed by atoms with Gasteiger partial charge in [-0.1, -0.05) is 6.92 Å². The highest BCUT2D eigenvalue weighted by Gasteiger charge is 2.00. The predicted octanol–water partition coefficient (Wildman–Crippen LogP) is 1.81. The molecule has 1 rings (SSSR count). The number of thiophene rings is 1. The molecule has 0 aliphatic heterocycles. The maximum absolute atomic E-state index is 5.47. The predicted molar refractivity (Wildman–Crippen MR) is 41.8 cm³/mol. The molecule has 0 aliphatic rings. The molecule has 0 radical (unpaired) electrons. The van der Waals surface area contributed by atoms with Gasteiger partial charge in [-0.3, -0.25) is 0 Å². The number of rotatable bonds is 2. The summed E-state index contributed by atoms with van der Waals surface area (Å²) in [5, 5.41) is 4.24. The van der Waals surface area contributed by atoms with Crippen molar-refractivity contribution in [2.24, 2.45) is 5.73 Å². The average molecular weight is 141 g/mol. The highest BCUT2D eigenvalue weighted by atomic mass is 32.1. The smallest absolute Gasteiger partial charge is 0.00106 e. The minimum atomic E-state index is 0.524. The van der Waals surface area contributed by atoms with Crippen LogP contribution in [-0.2, 0) is 0 Å². The molecule has 0 spiro atoms. The first-order valence-electron chi connectivity index (χ1n) is 3.06. The van der Waals surface area contributed by atoms with Gasteiger partial charge in [0.2, 0.25) is 0 Å². The molecule has 0 fully saturated rings. The molecule has 0 aliphatic carbocycles. The van der Waals surface area contributed by atoms with Crippen molar-refractivity contribution in [2.45, 2.75) is 12.8 Å². The fourth-order valence-corrected chi connectivity index (χ4v) is 1.47. The van der Waals surface area contributed by atoms with Crippen LogP contribution in [-0.4, -0.2) is 6.54 Å². The molecule has 0 amide bonds. The Morgan fingerprint density at radius 3 is 3.00 bits per heavy atom. The Kier molecular flexibility index (Phi) is 2.25. The maximum atomic E-state index is 5.47. The average Bonchev–Trinajstić information content (AvgIpc) is 2.37. The lowest BCUT2D eigenvalue weighted by Crippen LogP contribution is -2.07. The summed E-state index contributed by atoms with van der Waals surface area (Å²) in [6.07, 6.45) is 0. The topological polar surface area (TPSA) is 26.0 Å². The summed E-state index contributed by atoms with van der Waals surface area (Å²) in [5.74, 6) is 0.524. The Morgan fingerprint density at radius 2 is 2.56 bits per heavy atom. The molecule has 0 bridgehead atoms. The van der Waals surface area contributed by atoms with Gasteiger partial charge in [0.1, 0.15) is 0 Å². The minimum absolute atomic E-state index is 0.524. The van der Waals surface area contributed by atoms with Gasteiger partial charge in [0.05, 0.1) is 0 Å². The van der Waals surface area contributed by atoms with Crippen molar-refractivity contribution in [3.63, 3.8) is 0 Å². The zero-order valence-corrected chi connectivity index (χ0v) is 6.32. The quantitative estimate of drug-likeness (QED) is 0.668. The van der Waals surface area contributed by atoms with E-state index in [1.54, 1.807) is 11.3 Å². The summed E-state index contributed by atoms with van der Waals surface area (Å²) in [5.41, 5.74) is 6.83. The minimum Gasteiger partial charge on any atom is -0.330 e. The summed E-state index contributed by atoms with van der Waals surface area (Å²) >= 11 is 1.73. The van der Waals surface area contributed by atoms with Crippen LogP contribution < -0.4 is 5.73 Å². The largest absolute Gasteiger partial charge is 0.330 e. The third kappa shape index (κ3) is 1.53. The Hall–Kier alpha value is -0.340. The fourth-order valence-electron chi connectivity index (χ4n) is 0.691. The first-order valence-corrected chi connectivity index (χ1v) is 4.01. The molecule has 0 aromatic carbocycles. The lowest BCUT2D eigenvalue weighted by Gasteiger charge is -2.02. The van der Waals surface area contributed by atoms with E-state index in [9.17, 15) is 0 Å². The van der Waals surface area contributed by atoms with Crippen LogP contribution in [0.25, 0.3) is 0 Å². The maximum Gasteiger partial charge on any atom is -0.00106 e. The molecule has 50 valence electrons. The van der Waals surface area contributed by atoms with Gasteiger partial charge in [0.25, 0.3) is 0 Å². The Labute approximate surface area is 59.5 Å². The third-order valence-electron chi connectivity index (χ3n) is 1.47. The Bertz CT molecular complexity index is 157. The van der Waals surface area contributed by atoms with E-state index in [0.29, 0.717) is 5.92 Å². The van der Waals surface area contributed by atoms with Gasteiger partial charge >= 0.3 is 0 Å². The lowest BCUT2D eigenvalue weighted by molar-refractivity contribution is 0.778. The second kappa shape index (κ2) is 2.99. The molecule has 2 heteroatoms. The molecule has 2 N–H and O–H groups in total. The van der Waals surface area contributed by atoms with E-state index < -0.39 is 0 Å². The van der Waals surface area contributed by atoms with Crippen LogP contribution in [0.15, 0.2) is 16.8 Å². The third-order valence-corrected chi connectivity index (χ3v) is 2.17. The summed E-state index contributed by atoms with van der Waals surface area (Å²) in [4.78, 5) is 0.